The number of thiophene rings is 1. The molecule has 100 valence electrons. The summed E-state index contributed by atoms with van der Waals surface area (Å²) in [6, 6.07) is 0. The van der Waals surface area contributed by atoms with Crippen LogP contribution in [0, 0.1) is 13.8 Å². The van der Waals surface area contributed by atoms with E-state index in [1.807, 2.05) is 0 Å². The van der Waals surface area contributed by atoms with Gasteiger partial charge in [-0.2, -0.15) is 0 Å². The number of esters is 1. The molecule has 2 rings (SSSR count). The lowest BCUT2D eigenvalue weighted by Crippen LogP contribution is -2.15. The van der Waals surface area contributed by atoms with Gasteiger partial charge < -0.3 is 14.6 Å². The summed E-state index contributed by atoms with van der Waals surface area (Å²) in [6.07, 6.45) is 1.34. The van der Waals surface area contributed by atoms with Gasteiger partial charge in [0.15, 0.2) is 0 Å². The van der Waals surface area contributed by atoms with E-state index in [0.717, 1.165) is 5.56 Å². The Kier molecular flexibility index (Phi) is 3.66. The molecular formula is C12H12N2O4S. The van der Waals surface area contributed by atoms with Gasteiger partial charge in [0.25, 0.3) is 5.91 Å². The minimum atomic E-state index is -0.476. The molecule has 19 heavy (non-hydrogen) atoms. The first-order valence-electron chi connectivity index (χ1n) is 5.43. The van der Waals surface area contributed by atoms with Gasteiger partial charge in [0.1, 0.15) is 16.2 Å². The number of hydrogen-bond donors (Lipinski definition) is 1. The molecule has 0 aliphatic heterocycles. The predicted octanol–water partition coefficient (Wildman–Crippen LogP) is 2.39. The van der Waals surface area contributed by atoms with Crippen LogP contribution in [0.25, 0.3) is 0 Å². The second kappa shape index (κ2) is 5.23. The van der Waals surface area contributed by atoms with Crippen molar-refractivity contribution in [3.8, 4) is 0 Å². The van der Waals surface area contributed by atoms with Crippen LogP contribution in [-0.4, -0.2) is 24.1 Å². The summed E-state index contributed by atoms with van der Waals surface area (Å²) in [5, 5.41) is 8.01. The lowest BCUT2D eigenvalue weighted by Gasteiger charge is -2.06. The topological polar surface area (TPSA) is 81.4 Å². The number of aryl methyl sites for hydroxylation is 2. The van der Waals surface area contributed by atoms with Gasteiger partial charge in [0.05, 0.1) is 19.0 Å². The number of rotatable bonds is 3. The maximum atomic E-state index is 12.1. The van der Waals surface area contributed by atoms with Crippen molar-refractivity contribution in [2.75, 3.05) is 12.4 Å². The van der Waals surface area contributed by atoms with Crippen LogP contribution in [0.15, 0.2) is 16.1 Å². The van der Waals surface area contributed by atoms with Crippen LogP contribution in [0.3, 0.4) is 0 Å². The summed E-state index contributed by atoms with van der Waals surface area (Å²) in [7, 11) is 1.30. The van der Waals surface area contributed by atoms with Gasteiger partial charge in [-0.15, -0.1) is 11.3 Å². The summed E-state index contributed by atoms with van der Waals surface area (Å²) in [4.78, 5) is 24.0. The fraction of sp³-hybridized carbons (Fsp3) is 0.250. The van der Waals surface area contributed by atoms with Crippen LogP contribution in [0.1, 0.15) is 31.4 Å². The molecule has 0 unspecified atom stereocenters. The summed E-state index contributed by atoms with van der Waals surface area (Å²) in [6.45, 7) is 3.45. The molecule has 2 heterocycles. The van der Waals surface area contributed by atoms with Crippen LogP contribution in [0.5, 0.6) is 0 Å². The van der Waals surface area contributed by atoms with E-state index in [1.54, 1.807) is 19.2 Å². The molecule has 0 fully saturated rings. The summed E-state index contributed by atoms with van der Waals surface area (Å²) < 4.78 is 9.51. The third kappa shape index (κ3) is 2.50. The van der Waals surface area contributed by atoms with E-state index in [1.165, 1.54) is 24.6 Å². The van der Waals surface area contributed by atoms with Crippen molar-refractivity contribution in [2.24, 2.45) is 0 Å². The second-order valence-electron chi connectivity index (χ2n) is 3.86. The van der Waals surface area contributed by atoms with E-state index in [4.69, 9.17) is 4.52 Å². The summed E-state index contributed by atoms with van der Waals surface area (Å²) in [5.74, 6) is -0.425. The molecule has 0 aliphatic rings. The average molecular weight is 280 g/mol. The zero-order valence-electron chi connectivity index (χ0n) is 10.6. The summed E-state index contributed by atoms with van der Waals surface area (Å²) in [5.41, 5.74) is 1.59. The van der Waals surface area contributed by atoms with E-state index in [-0.39, 0.29) is 5.91 Å². The van der Waals surface area contributed by atoms with Crippen LogP contribution in [-0.2, 0) is 4.74 Å². The number of nitrogens with zero attached hydrogens (tertiary/aromatic N) is 1. The molecule has 1 N–H and O–H groups in total. The van der Waals surface area contributed by atoms with Gasteiger partial charge in [0, 0.05) is 0 Å². The van der Waals surface area contributed by atoms with Crippen molar-refractivity contribution < 1.29 is 18.8 Å². The molecule has 0 spiro atoms. The molecule has 0 radical (unpaired) electrons. The molecule has 6 nitrogen and oxygen atoms in total. The zero-order valence-corrected chi connectivity index (χ0v) is 11.5. The highest BCUT2D eigenvalue weighted by Crippen LogP contribution is 2.28. The van der Waals surface area contributed by atoms with Crippen molar-refractivity contribution in [3.63, 3.8) is 0 Å². The number of carbonyl (C=O) groups excluding carboxylic acids is 2. The van der Waals surface area contributed by atoms with Gasteiger partial charge in [-0.3, -0.25) is 4.79 Å². The number of ether oxygens (including phenoxy) is 1. The maximum absolute atomic E-state index is 12.1. The van der Waals surface area contributed by atoms with Crippen molar-refractivity contribution in [1.82, 2.24) is 5.16 Å². The number of hydrogen-bond acceptors (Lipinski definition) is 6. The highest BCUT2D eigenvalue weighted by Gasteiger charge is 2.20. The Morgan fingerprint density at radius 1 is 1.42 bits per heavy atom. The molecule has 0 saturated heterocycles. The number of methoxy groups -OCH3 is 1. The van der Waals surface area contributed by atoms with Gasteiger partial charge >= 0.3 is 5.97 Å². The highest BCUT2D eigenvalue weighted by molar-refractivity contribution is 7.12. The smallest absolute Gasteiger partial charge is 0.350 e. The standard InChI is InChI=1S/C12H12N2O4S/c1-6-5-19-10(12(16)17-3)9(6)14-11(15)8-4-13-18-7(8)2/h4-5H,1-3H3,(H,14,15). The molecule has 2 aromatic rings. The average Bonchev–Trinajstić information content (AvgIpc) is 2.96. The minimum Gasteiger partial charge on any atom is -0.465 e. The van der Waals surface area contributed by atoms with E-state index in [9.17, 15) is 9.59 Å². The Hall–Kier alpha value is -2.15. The van der Waals surface area contributed by atoms with Crippen molar-refractivity contribution in [2.45, 2.75) is 13.8 Å². The molecule has 0 aliphatic carbocycles. The third-order valence-corrected chi connectivity index (χ3v) is 3.66. The Morgan fingerprint density at radius 2 is 2.16 bits per heavy atom. The van der Waals surface area contributed by atoms with Crippen LogP contribution in [0.2, 0.25) is 0 Å². The van der Waals surface area contributed by atoms with Crippen LogP contribution in [0.4, 0.5) is 5.69 Å². The van der Waals surface area contributed by atoms with Crippen molar-refractivity contribution >= 4 is 28.9 Å². The molecule has 0 aromatic carbocycles. The van der Waals surface area contributed by atoms with E-state index in [2.05, 4.69) is 15.2 Å². The van der Waals surface area contributed by atoms with Gasteiger partial charge in [-0.25, -0.2) is 4.79 Å². The normalized spacial score (nSPS) is 10.3. The Morgan fingerprint density at radius 3 is 2.74 bits per heavy atom. The number of nitrogens with one attached hydrogen (secondary N) is 1. The molecule has 2 aromatic heterocycles. The maximum Gasteiger partial charge on any atom is 0.350 e. The van der Waals surface area contributed by atoms with Gasteiger partial charge in [-0.05, 0) is 24.8 Å². The lowest BCUT2D eigenvalue weighted by atomic mass is 10.2. The van der Waals surface area contributed by atoms with E-state index >= 15 is 0 Å². The van der Waals surface area contributed by atoms with Crippen molar-refractivity contribution in [1.29, 1.82) is 0 Å². The molecule has 0 atom stereocenters. The third-order valence-electron chi connectivity index (χ3n) is 2.58. The van der Waals surface area contributed by atoms with Crippen LogP contribution < -0.4 is 5.32 Å². The molecular weight excluding hydrogens is 268 g/mol. The molecule has 7 heteroatoms. The largest absolute Gasteiger partial charge is 0.465 e. The highest BCUT2D eigenvalue weighted by atomic mass is 32.1. The number of anilines is 1. The number of carbonyl (C=O) groups is 2. The number of amides is 1. The van der Waals surface area contributed by atoms with Crippen LogP contribution >= 0.6 is 11.3 Å². The van der Waals surface area contributed by atoms with E-state index < -0.39 is 5.97 Å². The quantitative estimate of drug-likeness (QED) is 0.873. The SMILES string of the molecule is COC(=O)c1scc(C)c1NC(=O)c1cnoc1C. The Labute approximate surface area is 113 Å². The fourth-order valence-electron chi connectivity index (χ4n) is 1.54. The van der Waals surface area contributed by atoms with Gasteiger partial charge in [0.2, 0.25) is 0 Å². The molecule has 0 bridgehead atoms. The first-order chi connectivity index (χ1) is 9.04. The minimum absolute atomic E-state index is 0.335. The Bertz CT molecular complexity index is 629. The first-order valence-corrected chi connectivity index (χ1v) is 6.31. The summed E-state index contributed by atoms with van der Waals surface area (Å²) >= 11 is 1.22. The second-order valence-corrected chi connectivity index (χ2v) is 4.74. The van der Waals surface area contributed by atoms with Gasteiger partial charge in [-0.1, -0.05) is 5.16 Å². The van der Waals surface area contributed by atoms with E-state index in [0.29, 0.717) is 21.9 Å². The lowest BCUT2D eigenvalue weighted by molar-refractivity contribution is 0.0607. The monoisotopic (exact) mass is 280 g/mol. The fourth-order valence-corrected chi connectivity index (χ4v) is 2.46. The van der Waals surface area contributed by atoms with Crippen molar-refractivity contribution in [3.05, 3.63) is 33.3 Å². The number of aromatic nitrogens is 1. The first kappa shape index (κ1) is 13.3. The Balaban J connectivity index is 2.29. The molecule has 1 amide bonds. The zero-order chi connectivity index (χ0) is 14.0. The molecule has 0 saturated carbocycles. The predicted molar refractivity (Wildman–Crippen MR) is 69.6 cm³/mol.